The Bertz CT molecular complexity index is 1400. The summed E-state index contributed by atoms with van der Waals surface area (Å²) in [5.74, 6) is -0.234. The molecule has 4 N–H and O–H groups in total. The topological polar surface area (TPSA) is 106 Å². The Kier molecular flexibility index (Phi) is 12.4. The molecule has 0 spiro atoms. The monoisotopic (exact) mass is 565 g/mol. The zero-order valence-corrected chi connectivity index (χ0v) is 23.2. The van der Waals surface area contributed by atoms with Gasteiger partial charge in [0.1, 0.15) is 11.6 Å². The normalized spacial score (nSPS) is 11.1. The van der Waals surface area contributed by atoms with Crippen molar-refractivity contribution >= 4 is 17.4 Å². The summed E-state index contributed by atoms with van der Waals surface area (Å²) in [6.07, 6.45) is -1.33. The standard InChI is InChI=1S/C25H20F3N5O2.C3H8.C3H6/c26-25(27,28)21-13-14-33(32-21)19-11-9-18(10-12-19)31-24(34)22(16-5-2-1-3-6-16)35-20-8-4-7-17(15-20)23(29)30;2*1-3-2/h1-15,22H,(H3,29,30)(H,31,34);3H2,1-2H3;3H,1H2,2H3. The van der Waals surface area contributed by atoms with Gasteiger partial charge in [0.25, 0.3) is 5.91 Å². The van der Waals surface area contributed by atoms with Crippen LogP contribution < -0.4 is 15.8 Å². The van der Waals surface area contributed by atoms with Crippen LogP contribution in [0.3, 0.4) is 0 Å². The van der Waals surface area contributed by atoms with Crippen LogP contribution in [0.4, 0.5) is 18.9 Å². The van der Waals surface area contributed by atoms with Crippen molar-refractivity contribution in [2.75, 3.05) is 5.32 Å². The third-order valence-corrected chi connectivity index (χ3v) is 5.02. The van der Waals surface area contributed by atoms with Crippen molar-refractivity contribution in [3.63, 3.8) is 0 Å². The Labute approximate surface area is 238 Å². The number of allylic oxidation sites excluding steroid dienone is 1. The van der Waals surface area contributed by atoms with Crippen LogP contribution in [0.1, 0.15) is 50.1 Å². The summed E-state index contributed by atoms with van der Waals surface area (Å²) in [6, 6.07) is 22.5. The molecule has 4 rings (SSSR count). The summed E-state index contributed by atoms with van der Waals surface area (Å²) in [4.78, 5) is 13.2. The number of carbonyl (C=O) groups excluding carboxylic acids is 1. The lowest BCUT2D eigenvalue weighted by Crippen LogP contribution is -2.25. The van der Waals surface area contributed by atoms with Gasteiger partial charge < -0.3 is 15.8 Å². The molecule has 0 radical (unpaired) electrons. The van der Waals surface area contributed by atoms with Crippen LogP contribution >= 0.6 is 0 Å². The Morgan fingerprint density at radius 2 is 1.68 bits per heavy atom. The van der Waals surface area contributed by atoms with Crippen LogP contribution in [0.15, 0.2) is 104 Å². The first kappa shape index (κ1) is 32.4. The number of benzene rings is 3. The molecule has 41 heavy (non-hydrogen) atoms. The fraction of sp³-hybridized carbons (Fsp3) is 0.194. The number of ether oxygens (including phenoxy) is 1. The first-order chi connectivity index (χ1) is 19.5. The van der Waals surface area contributed by atoms with E-state index in [0.717, 1.165) is 10.7 Å². The fourth-order valence-corrected chi connectivity index (χ4v) is 3.30. The van der Waals surface area contributed by atoms with E-state index in [0.29, 0.717) is 28.3 Å². The molecule has 0 saturated heterocycles. The summed E-state index contributed by atoms with van der Waals surface area (Å²) in [6.45, 7) is 9.50. The summed E-state index contributed by atoms with van der Waals surface area (Å²) in [5.41, 5.74) is 6.43. The average molecular weight is 566 g/mol. The molecule has 7 nitrogen and oxygen atoms in total. The van der Waals surface area contributed by atoms with Crippen molar-refractivity contribution in [1.82, 2.24) is 9.78 Å². The third kappa shape index (κ3) is 9.99. The first-order valence-electron chi connectivity index (χ1n) is 12.8. The number of hydrogen-bond donors (Lipinski definition) is 3. The number of alkyl halides is 3. The average Bonchev–Trinajstić information content (AvgIpc) is 3.45. The number of nitrogens with two attached hydrogens (primary N) is 1. The Hall–Kier alpha value is -4.86. The summed E-state index contributed by atoms with van der Waals surface area (Å²) < 4.78 is 45.5. The number of nitrogens with one attached hydrogen (secondary N) is 2. The number of rotatable bonds is 7. The Balaban J connectivity index is 0.000000901. The minimum atomic E-state index is -4.53. The molecule has 1 atom stereocenters. The largest absolute Gasteiger partial charge is 0.476 e. The number of halogens is 3. The van der Waals surface area contributed by atoms with Crippen LogP contribution in [-0.4, -0.2) is 21.5 Å². The molecule has 0 aliphatic carbocycles. The molecule has 10 heteroatoms. The highest BCUT2D eigenvalue weighted by Gasteiger charge is 2.33. The molecular formula is C31H34F3N5O2. The number of nitrogens with zero attached hydrogens (tertiary/aromatic N) is 2. The van der Waals surface area contributed by atoms with Crippen molar-refractivity contribution in [2.45, 2.75) is 39.5 Å². The lowest BCUT2D eigenvalue weighted by atomic mass is 10.1. The third-order valence-electron chi connectivity index (χ3n) is 5.02. The minimum Gasteiger partial charge on any atom is -0.476 e. The van der Waals surface area contributed by atoms with Crippen LogP contribution in [-0.2, 0) is 11.0 Å². The summed E-state index contributed by atoms with van der Waals surface area (Å²) in [7, 11) is 0. The predicted molar refractivity (Wildman–Crippen MR) is 156 cm³/mol. The van der Waals surface area contributed by atoms with E-state index in [1.807, 2.05) is 13.0 Å². The van der Waals surface area contributed by atoms with Gasteiger partial charge in [-0.05, 0) is 49.4 Å². The van der Waals surface area contributed by atoms with Crippen molar-refractivity contribution in [3.8, 4) is 11.4 Å². The maximum atomic E-state index is 13.2. The van der Waals surface area contributed by atoms with E-state index in [4.69, 9.17) is 15.9 Å². The molecule has 0 bridgehead atoms. The summed E-state index contributed by atoms with van der Waals surface area (Å²) >= 11 is 0. The molecule has 1 heterocycles. The van der Waals surface area contributed by atoms with E-state index in [1.54, 1.807) is 66.7 Å². The molecule has 3 aromatic carbocycles. The number of amidine groups is 1. The molecular weight excluding hydrogens is 531 g/mol. The smallest absolute Gasteiger partial charge is 0.435 e. The van der Waals surface area contributed by atoms with Crippen molar-refractivity contribution in [3.05, 3.63) is 121 Å². The van der Waals surface area contributed by atoms with Gasteiger partial charge in [-0.25, -0.2) is 4.68 Å². The van der Waals surface area contributed by atoms with Gasteiger partial charge in [0.05, 0.1) is 5.69 Å². The molecule has 1 unspecified atom stereocenters. The fourth-order valence-electron chi connectivity index (χ4n) is 3.30. The predicted octanol–water partition coefficient (Wildman–Crippen LogP) is 7.54. The maximum absolute atomic E-state index is 13.2. The van der Waals surface area contributed by atoms with Gasteiger partial charge in [-0.15, -0.1) is 6.58 Å². The lowest BCUT2D eigenvalue weighted by Gasteiger charge is -2.20. The molecule has 4 aromatic rings. The number of amides is 1. The van der Waals surface area contributed by atoms with Gasteiger partial charge in [0.15, 0.2) is 5.69 Å². The van der Waals surface area contributed by atoms with E-state index in [2.05, 4.69) is 30.8 Å². The number of nitrogen functional groups attached to an aromatic ring is 1. The molecule has 1 aromatic heterocycles. The Morgan fingerprint density at radius 3 is 2.22 bits per heavy atom. The van der Waals surface area contributed by atoms with Gasteiger partial charge in [-0.1, -0.05) is 68.8 Å². The van der Waals surface area contributed by atoms with Gasteiger partial charge in [-0.2, -0.15) is 18.3 Å². The number of carbonyl (C=O) groups is 1. The maximum Gasteiger partial charge on any atom is 0.435 e. The highest BCUT2D eigenvalue weighted by molar-refractivity contribution is 5.96. The second kappa shape index (κ2) is 15.7. The van der Waals surface area contributed by atoms with Crippen LogP contribution in [0.5, 0.6) is 5.75 Å². The molecule has 1 amide bonds. The van der Waals surface area contributed by atoms with E-state index in [-0.39, 0.29) is 5.84 Å². The highest BCUT2D eigenvalue weighted by atomic mass is 19.4. The second-order valence-corrected chi connectivity index (χ2v) is 8.64. The molecule has 0 saturated carbocycles. The van der Waals surface area contributed by atoms with E-state index in [1.165, 1.54) is 24.8 Å². The molecule has 0 fully saturated rings. The van der Waals surface area contributed by atoms with E-state index >= 15 is 0 Å². The second-order valence-electron chi connectivity index (χ2n) is 8.64. The first-order valence-corrected chi connectivity index (χ1v) is 12.8. The number of hydrogen-bond acceptors (Lipinski definition) is 4. The minimum absolute atomic E-state index is 0.129. The van der Waals surface area contributed by atoms with Gasteiger partial charge in [-0.3, -0.25) is 10.2 Å². The molecule has 216 valence electrons. The SMILES string of the molecule is C=CC.CCC.N=C(N)c1cccc(OC(C(=O)Nc2ccc(-n3ccc(C(F)(F)F)n3)cc2)c2ccccc2)c1. The van der Waals surface area contributed by atoms with Crippen LogP contribution in [0, 0.1) is 5.41 Å². The van der Waals surface area contributed by atoms with Crippen molar-refractivity contribution < 1.29 is 22.7 Å². The van der Waals surface area contributed by atoms with Crippen LogP contribution in [0.25, 0.3) is 5.69 Å². The number of anilines is 1. The number of aromatic nitrogens is 2. The lowest BCUT2D eigenvalue weighted by molar-refractivity contribution is -0.141. The van der Waals surface area contributed by atoms with E-state index < -0.39 is 23.9 Å². The van der Waals surface area contributed by atoms with E-state index in [9.17, 15) is 18.0 Å². The zero-order chi connectivity index (χ0) is 30.4. The van der Waals surface area contributed by atoms with Gasteiger partial charge >= 0.3 is 6.18 Å². The summed E-state index contributed by atoms with van der Waals surface area (Å²) in [5, 5.41) is 13.9. The quantitative estimate of drug-likeness (QED) is 0.122. The highest BCUT2D eigenvalue weighted by Crippen LogP contribution is 2.28. The van der Waals surface area contributed by atoms with Gasteiger partial charge in [0.2, 0.25) is 6.10 Å². The molecule has 0 aliphatic heterocycles. The van der Waals surface area contributed by atoms with Crippen molar-refractivity contribution in [2.24, 2.45) is 5.73 Å². The zero-order valence-electron chi connectivity index (χ0n) is 23.2. The van der Waals surface area contributed by atoms with Crippen LogP contribution in [0.2, 0.25) is 0 Å². The van der Waals surface area contributed by atoms with Crippen molar-refractivity contribution in [1.29, 1.82) is 5.41 Å². The Morgan fingerprint density at radius 1 is 1.07 bits per heavy atom. The van der Waals surface area contributed by atoms with Gasteiger partial charge in [0, 0.05) is 23.0 Å². The molecule has 0 aliphatic rings.